The van der Waals surface area contributed by atoms with Crippen molar-refractivity contribution in [3.8, 4) is 0 Å². The zero-order chi connectivity index (χ0) is 14.7. The number of anilines is 1. The second kappa shape index (κ2) is 6.34. The predicted molar refractivity (Wildman–Crippen MR) is 91.2 cm³/mol. The molecule has 0 bridgehead atoms. The van der Waals surface area contributed by atoms with Crippen molar-refractivity contribution in [1.29, 1.82) is 0 Å². The van der Waals surface area contributed by atoms with E-state index in [1.807, 2.05) is 0 Å². The molecule has 0 saturated carbocycles. The van der Waals surface area contributed by atoms with E-state index in [2.05, 4.69) is 61.2 Å². The number of para-hydroxylation sites is 1. The van der Waals surface area contributed by atoms with Crippen LogP contribution in [0.2, 0.25) is 0 Å². The summed E-state index contributed by atoms with van der Waals surface area (Å²) in [7, 11) is 0. The van der Waals surface area contributed by atoms with E-state index in [4.69, 9.17) is 0 Å². The third-order valence-corrected chi connectivity index (χ3v) is 4.57. The lowest BCUT2D eigenvalue weighted by Crippen LogP contribution is -2.30. The largest absolute Gasteiger partial charge is 0.371 e. The van der Waals surface area contributed by atoms with Crippen LogP contribution in [0.4, 0.5) is 5.69 Å². The summed E-state index contributed by atoms with van der Waals surface area (Å²) in [4.78, 5) is 2.57. The Morgan fingerprint density at radius 3 is 2.38 bits per heavy atom. The number of benzene rings is 2. The topological polar surface area (TPSA) is 3.24 Å². The Morgan fingerprint density at radius 2 is 1.62 bits per heavy atom. The third kappa shape index (κ3) is 3.29. The van der Waals surface area contributed by atoms with Gasteiger partial charge in [0.05, 0.1) is 0 Å². The number of piperidine rings is 1. The highest BCUT2D eigenvalue weighted by atomic mass is 15.1. The Morgan fingerprint density at radius 1 is 0.857 bits per heavy atom. The summed E-state index contributed by atoms with van der Waals surface area (Å²) in [5.41, 5.74) is 7.11. The van der Waals surface area contributed by atoms with Gasteiger partial charge in [0.2, 0.25) is 0 Å². The molecule has 1 fully saturated rings. The van der Waals surface area contributed by atoms with Gasteiger partial charge in [0.25, 0.3) is 0 Å². The molecule has 1 saturated heterocycles. The molecule has 0 N–H and O–H groups in total. The fraction of sp³-hybridized carbons (Fsp3) is 0.400. The fourth-order valence-corrected chi connectivity index (χ4v) is 3.35. The molecular weight excluding hydrogens is 254 g/mol. The lowest BCUT2D eigenvalue weighted by Gasteiger charge is -2.30. The molecule has 0 radical (unpaired) electrons. The van der Waals surface area contributed by atoms with E-state index in [-0.39, 0.29) is 0 Å². The van der Waals surface area contributed by atoms with Crippen LogP contribution in [-0.2, 0) is 6.42 Å². The van der Waals surface area contributed by atoms with Gasteiger partial charge in [-0.1, -0.05) is 42.0 Å². The van der Waals surface area contributed by atoms with Crippen LogP contribution in [0.5, 0.6) is 0 Å². The minimum Gasteiger partial charge on any atom is -0.371 e. The van der Waals surface area contributed by atoms with E-state index in [0.717, 1.165) is 6.42 Å². The molecule has 0 amide bonds. The highest BCUT2D eigenvalue weighted by molar-refractivity contribution is 5.55. The molecule has 1 aliphatic heterocycles. The van der Waals surface area contributed by atoms with Gasteiger partial charge in [0.15, 0.2) is 0 Å². The molecule has 0 unspecified atom stereocenters. The molecule has 0 aliphatic carbocycles. The first-order valence-corrected chi connectivity index (χ1v) is 8.13. The first kappa shape index (κ1) is 14.2. The minimum absolute atomic E-state index is 1.04. The first-order chi connectivity index (χ1) is 10.2. The average Bonchev–Trinajstić information content (AvgIpc) is 2.51. The Balaban J connectivity index is 1.88. The normalized spacial score (nSPS) is 15.2. The zero-order valence-electron chi connectivity index (χ0n) is 13.2. The monoisotopic (exact) mass is 279 g/mol. The fourth-order valence-electron chi connectivity index (χ4n) is 3.35. The van der Waals surface area contributed by atoms with Crippen LogP contribution in [0.3, 0.4) is 0 Å². The zero-order valence-corrected chi connectivity index (χ0v) is 13.2. The van der Waals surface area contributed by atoms with Gasteiger partial charge in [0.1, 0.15) is 0 Å². The van der Waals surface area contributed by atoms with E-state index in [0.29, 0.717) is 0 Å². The smallest absolute Gasteiger partial charge is 0.0402 e. The van der Waals surface area contributed by atoms with Crippen molar-refractivity contribution >= 4 is 5.69 Å². The Labute approximate surface area is 128 Å². The van der Waals surface area contributed by atoms with E-state index in [1.165, 1.54) is 60.3 Å². The van der Waals surface area contributed by atoms with Crippen molar-refractivity contribution < 1.29 is 0 Å². The van der Waals surface area contributed by atoms with Crippen molar-refractivity contribution in [2.24, 2.45) is 0 Å². The minimum atomic E-state index is 1.04. The Hall–Kier alpha value is -1.76. The van der Waals surface area contributed by atoms with E-state index in [9.17, 15) is 0 Å². The quantitative estimate of drug-likeness (QED) is 0.773. The molecule has 0 spiro atoms. The van der Waals surface area contributed by atoms with Gasteiger partial charge in [-0.2, -0.15) is 0 Å². The summed E-state index contributed by atoms with van der Waals surface area (Å²) >= 11 is 0. The van der Waals surface area contributed by atoms with Crippen molar-refractivity contribution in [3.05, 3.63) is 64.7 Å². The van der Waals surface area contributed by atoms with Crippen LogP contribution in [0.15, 0.2) is 42.5 Å². The van der Waals surface area contributed by atoms with Gasteiger partial charge in [-0.05, 0) is 62.3 Å². The molecular formula is C20H25N. The SMILES string of the molecule is Cc1ccc(Cc2ccccc2N2CCCCC2)c(C)c1. The van der Waals surface area contributed by atoms with Crippen LogP contribution in [0.1, 0.15) is 41.5 Å². The van der Waals surface area contributed by atoms with Crippen LogP contribution >= 0.6 is 0 Å². The second-order valence-electron chi connectivity index (χ2n) is 6.28. The summed E-state index contributed by atoms with van der Waals surface area (Å²) in [6, 6.07) is 15.7. The summed E-state index contributed by atoms with van der Waals surface area (Å²) in [6.07, 6.45) is 5.09. The van der Waals surface area contributed by atoms with E-state index < -0.39 is 0 Å². The highest BCUT2D eigenvalue weighted by Crippen LogP contribution is 2.27. The van der Waals surface area contributed by atoms with Crippen LogP contribution in [0.25, 0.3) is 0 Å². The summed E-state index contributed by atoms with van der Waals surface area (Å²) in [5, 5.41) is 0. The number of rotatable bonds is 3. The molecule has 0 atom stereocenters. The van der Waals surface area contributed by atoms with Gasteiger partial charge in [-0.25, -0.2) is 0 Å². The molecule has 1 nitrogen and oxygen atoms in total. The van der Waals surface area contributed by atoms with Gasteiger partial charge in [-0.3, -0.25) is 0 Å². The molecule has 110 valence electrons. The van der Waals surface area contributed by atoms with Gasteiger partial charge in [-0.15, -0.1) is 0 Å². The summed E-state index contributed by atoms with van der Waals surface area (Å²) < 4.78 is 0. The lowest BCUT2D eigenvalue weighted by atomic mass is 9.97. The van der Waals surface area contributed by atoms with Crippen molar-refractivity contribution in [2.45, 2.75) is 39.5 Å². The van der Waals surface area contributed by atoms with E-state index >= 15 is 0 Å². The highest BCUT2D eigenvalue weighted by Gasteiger charge is 2.14. The van der Waals surface area contributed by atoms with Crippen molar-refractivity contribution in [2.75, 3.05) is 18.0 Å². The predicted octanol–water partition coefficient (Wildman–Crippen LogP) is 4.88. The number of hydrogen-bond acceptors (Lipinski definition) is 1. The van der Waals surface area contributed by atoms with Crippen molar-refractivity contribution in [3.63, 3.8) is 0 Å². The maximum atomic E-state index is 2.57. The van der Waals surface area contributed by atoms with Crippen LogP contribution in [0, 0.1) is 13.8 Å². The number of hydrogen-bond donors (Lipinski definition) is 0. The molecule has 2 aromatic rings. The third-order valence-electron chi connectivity index (χ3n) is 4.57. The molecule has 1 aliphatic rings. The number of aryl methyl sites for hydroxylation is 2. The maximum Gasteiger partial charge on any atom is 0.0402 e. The average molecular weight is 279 g/mol. The summed E-state index contributed by atoms with van der Waals surface area (Å²) in [5.74, 6) is 0. The van der Waals surface area contributed by atoms with Gasteiger partial charge >= 0.3 is 0 Å². The maximum absolute atomic E-state index is 2.57. The standard InChI is InChI=1S/C20H25N/c1-16-10-11-18(17(2)14-16)15-19-8-4-5-9-20(19)21-12-6-3-7-13-21/h4-5,8-11,14H,3,6-7,12-13,15H2,1-2H3. The van der Waals surface area contributed by atoms with Gasteiger partial charge in [0, 0.05) is 18.8 Å². The van der Waals surface area contributed by atoms with Crippen molar-refractivity contribution in [1.82, 2.24) is 0 Å². The Kier molecular flexibility index (Phi) is 4.28. The Bertz CT molecular complexity index is 609. The molecule has 1 heteroatoms. The first-order valence-electron chi connectivity index (χ1n) is 8.13. The summed E-state index contributed by atoms with van der Waals surface area (Å²) in [6.45, 7) is 6.82. The number of nitrogens with zero attached hydrogens (tertiary/aromatic N) is 1. The molecule has 21 heavy (non-hydrogen) atoms. The molecule has 1 heterocycles. The van der Waals surface area contributed by atoms with Crippen LogP contribution < -0.4 is 4.90 Å². The molecule has 0 aromatic heterocycles. The second-order valence-corrected chi connectivity index (χ2v) is 6.28. The molecule has 3 rings (SSSR count). The van der Waals surface area contributed by atoms with Crippen LogP contribution in [-0.4, -0.2) is 13.1 Å². The molecule has 2 aromatic carbocycles. The van der Waals surface area contributed by atoms with E-state index in [1.54, 1.807) is 0 Å². The lowest BCUT2D eigenvalue weighted by molar-refractivity contribution is 0.576. The van der Waals surface area contributed by atoms with Gasteiger partial charge < -0.3 is 4.90 Å².